The summed E-state index contributed by atoms with van der Waals surface area (Å²) >= 11 is 0. The minimum Gasteiger partial charge on any atom is -0.550 e. The third-order valence-corrected chi connectivity index (χ3v) is 3.03. The number of aromatic amines is 2. The van der Waals surface area contributed by atoms with E-state index in [4.69, 9.17) is 10.2 Å². The Hall–Kier alpha value is -3.78. The molecule has 0 aliphatic heterocycles. The summed E-state index contributed by atoms with van der Waals surface area (Å²) in [6, 6.07) is -1.20. The molecule has 0 saturated heterocycles. The van der Waals surface area contributed by atoms with Crippen LogP contribution in [0.15, 0.2) is 25.0 Å². The summed E-state index contributed by atoms with van der Waals surface area (Å²) in [4.78, 5) is 52.3. The number of carboxylic acid groups (broad SMARTS) is 4. The molecular weight excluding hydrogens is 392 g/mol. The van der Waals surface area contributed by atoms with Crippen molar-refractivity contribution in [1.29, 1.82) is 0 Å². The summed E-state index contributed by atoms with van der Waals surface area (Å²) in [5, 5.41) is 35.5. The van der Waals surface area contributed by atoms with E-state index in [1.807, 2.05) is 0 Å². The Morgan fingerprint density at radius 2 is 1.21 bits per heavy atom. The van der Waals surface area contributed by atoms with Gasteiger partial charge in [-0.05, 0) is 0 Å². The number of carbonyl (C=O) groups excluding carboxylic acids is 2. The second-order valence-corrected chi connectivity index (χ2v) is 5.55. The number of nitrogens with zero attached hydrogens (tertiary/aromatic N) is 2. The SMILES string of the molecule is O=C([O-])CC(=O)[O-].[NH3+][C@@H](Cc1cnc[nH]1)C(=O)O.[NH3+][C@@H](Cc1cnc[nH]1)C(=O)O. The van der Waals surface area contributed by atoms with Crippen molar-refractivity contribution in [3.05, 3.63) is 36.4 Å². The number of imidazole rings is 2. The summed E-state index contributed by atoms with van der Waals surface area (Å²) < 4.78 is 0. The van der Waals surface area contributed by atoms with Crippen molar-refractivity contribution in [3.8, 4) is 0 Å². The highest BCUT2D eigenvalue weighted by Crippen LogP contribution is 1.95. The van der Waals surface area contributed by atoms with E-state index < -0.39 is 42.4 Å². The fourth-order valence-corrected chi connectivity index (χ4v) is 1.62. The van der Waals surface area contributed by atoms with Crippen molar-refractivity contribution in [1.82, 2.24) is 19.9 Å². The Labute approximate surface area is 163 Å². The van der Waals surface area contributed by atoms with Gasteiger partial charge in [0, 0.05) is 42.1 Å². The molecule has 0 spiro atoms. The Kier molecular flexibility index (Phi) is 11.7. The first-order valence-electron chi connectivity index (χ1n) is 7.98. The lowest BCUT2D eigenvalue weighted by Gasteiger charge is -1.99. The van der Waals surface area contributed by atoms with Gasteiger partial charge >= 0.3 is 11.9 Å². The summed E-state index contributed by atoms with van der Waals surface area (Å²) in [5.41, 5.74) is 8.53. The molecule has 0 amide bonds. The Morgan fingerprint density at radius 3 is 1.38 bits per heavy atom. The van der Waals surface area contributed by atoms with Crippen LogP contribution in [0.2, 0.25) is 0 Å². The van der Waals surface area contributed by atoms with Crippen LogP contribution in [0.5, 0.6) is 0 Å². The molecule has 0 aliphatic carbocycles. The van der Waals surface area contributed by atoms with Gasteiger partial charge in [-0.2, -0.15) is 0 Å². The monoisotopic (exact) mass is 414 g/mol. The van der Waals surface area contributed by atoms with Crippen LogP contribution in [0.3, 0.4) is 0 Å². The van der Waals surface area contributed by atoms with Gasteiger partial charge in [-0.1, -0.05) is 0 Å². The summed E-state index contributed by atoms with van der Waals surface area (Å²) in [6.45, 7) is 0. The first-order valence-corrected chi connectivity index (χ1v) is 7.98. The molecule has 14 heteroatoms. The lowest BCUT2D eigenvalue weighted by molar-refractivity contribution is -0.407. The number of hydrogen-bond donors (Lipinski definition) is 6. The van der Waals surface area contributed by atoms with Gasteiger partial charge in [0.05, 0.1) is 25.5 Å². The zero-order valence-corrected chi connectivity index (χ0v) is 15.2. The van der Waals surface area contributed by atoms with Crippen LogP contribution >= 0.6 is 0 Å². The zero-order valence-electron chi connectivity index (χ0n) is 15.2. The number of hydrogen-bond acceptors (Lipinski definition) is 8. The van der Waals surface area contributed by atoms with Crippen LogP contribution in [0.25, 0.3) is 0 Å². The van der Waals surface area contributed by atoms with E-state index in [-0.39, 0.29) is 0 Å². The van der Waals surface area contributed by atoms with Crippen molar-refractivity contribution >= 4 is 23.9 Å². The molecule has 14 nitrogen and oxygen atoms in total. The quantitative estimate of drug-likeness (QED) is 0.223. The van der Waals surface area contributed by atoms with E-state index in [9.17, 15) is 29.4 Å². The van der Waals surface area contributed by atoms with Crippen LogP contribution in [0.1, 0.15) is 17.8 Å². The fraction of sp³-hybridized carbons (Fsp3) is 0.333. The number of quaternary nitrogens is 2. The lowest BCUT2D eigenvalue weighted by atomic mass is 10.2. The van der Waals surface area contributed by atoms with Gasteiger partial charge in [0.25, 0.3) is 0 Å². The first kappa shape index (κ1) is 25.2. The number of rotatable bonds is 8. The van der Waals surface area contributed by atoms with Crippen LogP contribution in [0.4, 0.5) is 0 Å². The normalized spacial score (nSPS) is 11.7. The van der Waals surface area contributed by atoms with Crippen LogP contribution in [0, 0.1) is 0 Å². The number of aliphatic carboxylic acids is 4. The molecule has 2 aromatic heterocycles. The Bertz CT molecular complexity index is 698. The van der Waals surface area contributed by atoms with E-state index in [2.05, 4.69) is 31.4 Å². The number of aromatic nitrogens is 4. The maximum atomic E-state index is 10.3. The molecule has 29 heavy (non-hydrogen) atoms. The van der Waals surface area contributed by atoms with Gasteiger partial charge in [0.15, 0.2) is 12.1 Å². The van der Waals surface area contributed by atoms with Gasteiger partial charge in [-0.25, -0.2) is 19.6 Å². The van der Waals surface area contributed by atoms with Crippen molar-refractivity contribution in [2.75, 3.05) is 0 Å². The molecule has 0 fully saturated rings. The van der Waals surface area contributed by atoms with Crippen molar-refractivity contribution in [3.63, 3.8) is 0 Å². The van der Waals surface area contributed by atoms with Gasteiger partial charge < -0.3 is 51.5 Å². The molecule has 2 atom stereocenters. The maximum Gasteiger partial charge on any atom is 0.362 e. The molecule has 10 N–H and O–H groups in total. The predicted molar refractivity (Wildman–Crippen MR) is 87.8 cm³/mol. The lowest BCUT2D eigenvalue weighted by Crippen LogP contribution is -2.66. The van der Waals surface area contributed by atoms with E-state index in [0.29, 0.717) is 12.8 Å². The molecule has 2 heterocycles. The molecule has 0 radical (unpaired) electrons. The second kappa shape index (κ2) is 13.4. The predicted octanol–water partition coefficient (Wildman–Crippen LogP) is -5.83. The van der Waals surface area contributed by atoms with E-state index in [1.165, 1.54) is 12.7 Å². The minimum atomic E-state index is -1.63. The van der Waals surface area contributed by atoms with Gasteiger partial charge in [-0.3, -0.25) is 0 Å². The van der Waals surface area contributed by atoms with Gasteiger partial charge in [0.1, 0.15) is 0 Å². The number of carbonyl (C=O) groups is 4. The average molecular weight is 414 g/mol. The molecule has 2 rings (SSSR count). The molecule has 2 aromatic rings. The standard InChI is InChI=1S/2C6H9N3O2.C3H4O4/c2*7-5(6(10)11)1-4-2-8-3-9-4;4-2(5)1-3(6)7/h2*2-3,5H,1,7H2,(H,8,9)(H,10,11);1H2,(H,4,5)(H,6,7)/t2*5-;/m00./s1. The summed E-state index contributed by atoms with van der Waals surface area (Å²) in [6.07, 6.45) is 6.00. The summed E-state index contributed by atoms with van der Waals surface area (Å²) in [7, 11) is 0. The van der Waals surface area contributed by atoms with Crippen molar-refractivity contribution in [2.45, 2.75) is 31.3 Å². The zero-order chi connectivity index (χ0) is 22.4. The van der Waals surface area contributed by atoms with Gasteiger partial charge in [-0.15, -0.1) is 0 Å². The van der Waals surface area contributed by atoms with Gasteiger partial charge in [0.2, 0.25) is 0 Å². The first-order chi connectivity index (χ1) is 13.5. The number of nitrogens with one attached hydrogen (secondary N) is 2. The summed E-state index contributed by atoms with van der Waals surface area (Å²) in [5.74, 6) is -5.03. The smallest absolute Gasteiger partial charge is 0.362 e. The number of H-pyrrole nitrogens is 2. The molecule has 0 saturated carbocycles. The highest BCUT2D eigenvalue weighted by molar-refractivity contribution is 5.86. The van der Waals surface area contributed by atoms with Crippen LogP contribution in [-0.2, 0) is 32.0 Å². The minimum absolute atomic E-state index is 0.398. The molecule has 0 aromatic carbocycles. The van der Waals surface area contributed by atoms with E-state index in [0.717, 1.165) is 11.4 Å². The molecule has 160 valence electrons. The molecule has 0 bridgehead atoms. The van der Waals surface area contributed by atoms with E-state index >= 15 is 0 Å². The van der Waals surface area contributed by atoms with Crippen molar-refractivity contribution < 1.29 is 51.1 Å². The Morgan fingerprint density at radius 1 is 0.862 bits per heavy atom. The van der Waals surface area contributed by atoms with Crippen molar-refractivity contribution in [2.24, 2.45) is 0 Å². The topological polar surface area (TPSA) is 267 Å². The molecule has 0 unspecified atom stereocenters. The van der Waals surface area contributed by atoms with E-state index in [1.54, 1.807) is 12.4 Å². The fourth-order valence-electron chi connectivity index (χ4n) is 1.62. The Balaban J connectivity index is 0.000000419. The largest absolute Gasteiger partial charge is 0.550 e. The van der Waals surface area contributed by atoms with Crippen LogP contribution < -0.4 is 21.7 Å². The maximum absolute atomic E-state index is 10.3. The van der Waals surface area contributed by atoms with Crippen LogP contribution in [-0.4, -0.2) is 66.1 Å². The molecular formula is C15H22N6O8. The third-order valence-electron chi connectivity index (χ3n) is 3.03. The number of carboxylic acids is 4. The second-order valence-electron chi connectivity index (χ2n) is 5.55. The third kappa shape index (κ3) is 13.1. The highest BCUT2D eigenvalue weighted by Gasteiger charge is 2.16. The average Bonchev–Trinajstić information content (AvgIpc) is 3.28. The highest BCUT2D eigenvalue weighted by atomic mass is 16.4. The molecule has 0 aliphatic rings.